The molecule has 0 saturated carbocycles. The second-order valence-corrected chi connectivity index (χ2v) is 5.53. The summed E-state index contributed by atoms with van der Waals surface area (Å²) in [7, 11) is 0. The van der Waals surface area contributed by atoms with Gasteiger partial charge in [0.15, 0.2) is 0 Å². The molecule has 0 aliphatic carbocycles. The molecule has 20 heavy (non-hydrogen) atoms. The van der Waals surface area contributed by atoms with Gasteiger partial charge in [-0.15, -0.1) is 0 Å². The van der Waals surface area contributed by atoms with Crippen molar-refractivity contribution in [2.24, 2.45) is 0 Å². The second kappa shape index (κ2) is 5.81. The van der Waals surface area contributed by atoms with Gasteiger partial charge in [0.2, 0.25) is 0 Å². The smallest absolute Gasteiger partial charge is 0.407 e. The van der Waals surface area contributed by atoms with E-state index in [1.165, 1.54) is 5.56 Å². The number of carboxylic acid groups (broad SMARTS) is 1. The van der Waals surface area contributed by atoms with Gasteiger partial charge in [-0.05, 0) is 12.0 Å². The molecule has 5 heteroatoms. The number of nitrogens with zero attached hydrogens (tertiary/aromatic N) is 2. The van der Waals surface area contributed by atoms with E-state index in [-0.39, 0.29) is 6.04 Å². The molecule has 2 fully saturated rings. The number of amides is 1. The van der Waals surface area contributed by atoms with Crippen molar-refractivity contribution in [2.75, 3.05) is 32.8 Å². The van der Waals surface area contributed by atoms with Crippen LogP contribution in [0.25, 0.3) is 0 Å². The molecule has 0 aromatic heterocycles. The minimum Gasteiger partial charge on any atom is -0.465 e. The molecule has 1 amide bonds. The normalized spacial score (nSPS) is 26.5. The first-order valence-corrected chi connectivity index (χ1v) is 7.10. The molecule has 3 rings (SSSR count). The summed E-state index contributed by atoms with van der Waals surface area (Å²) in [6.45, 7) is 3.96. The van der Waals surface area contributed by atoms with Crippen LogP contribution in [0.2, 0.25) is 0 Å². The Labute approximate surface area is 118 Å². The molecule has 5 nitrogen and oxygen atoms in total. The number of rotatable bonds is 4. The largest absolute Gasteiger partial charge is 0.465 e. The predicted molar refractivity (Wildman–Crippen MR) is 74.8 cm³/mol. The fourth-order valence-electron chi connectivity index (χ4n) is 2.86. The third-order valence-corrected chi connectivity index (χ3v) is 3.99. The van der Waals surface area contributed by atoms with Crippen molar-refractivity contribution >= 4 is 6.09 Å². The van der Waals surface area contributed by atoms with Crippen LogP contribution < -0.4 is 0 Å². The van der Waals surface area contributed by atoms with Gasteiger partial charge in [0.1, 0.15) is 0 Å². The van der Waals surface area contributed by atoms with Gasteiger partial charge in [-0.25, -0.2) is 4.79 Å². The SMILES string of the molecule is O=C(O)N1CCN(CC2CO2)CC1Cc1ccccc1. The average molecular weight is 276 g/mol. The van der Waals surface area contributed by atoms with Crippen LogP contribution in [0, 0.1) is 0 Å². The summed E-state index contributed by atoms with van der Waals surface area (Å²) < 4.78 is 5.27. The minimum absolute atomic E-state index is 0.0300. The lowest BCUT2D eigenvalue weighted by atomic mass is 10.0. The summed E-state index contributed by atoms with van der Waals surface area (Å²) in [6.07, 6.45) is 0.326. The van der Waals surface area contributed by atoms with E-state index >= 15 is 0 Å². The molecule has 1 aromatic rings. The third-order valence-electron chi connectivity index (χ3n) is 3.99. The molecule has 1 N–H and O–H groups in total. The van der Waals surface area contributed by atoms with E-state index in [9.17, 15) is 9.90 Å². The van der Waals surface area contributed by atoms with Crippen molar-refractivity contribution in [3.63, 3.8) is 0 Å². The van der Waals surface area contributed by atoms with E-state index in [0.717, 1.165) is 32.7 Å². The molecule has 2 unspecified atom stereocenters. The van der Waals surface area contributed by atoms with E-state index in [2.05, 4.69) is 17.0 Å². The summed E-state index contributed by atoms with van der Waals surface area (Å²) >= 11 is 0. The van der Waals surface area contributed by atoms with Gasteiger partial charge in [-0.3, -0.25) is 4.90 Å². The number of carbonyl (C=O) groups is 1. The van der Waals surface area contributed by atoms with Gasteiger partial charge < -0.3 is 14.7 Å². The lowest BCUT2D eigenvalue weighted by Crippen LogP contribution is -2.56. The number of ether oxygens (including phenoxy) is 1. The number of hydrogen-bond acceptors (Lipinski definition) is 3. The van der Waals surface area contributed by atoms with Crippen LogP contribution in [0.15, 0.2) is 30.3 Å². The number of benzene rings is 1. The topological polar surface area (TPSA) is 56.3 Å². The highest BCUT2D eigenvalue weighted by Crippen LogP contribution is 2.18. The van der Waals surface area contributed by atoms with Gasteiger partial charge in [0.25, 0.3) is 0 Å². The van der Waals surface area contributed by atoms with E-state index < -0.39 is 6.09 Å². The van der Waals surface area contributed by atoms with Crippen LogP contribution in [0.5, 0.6) is 0 Å². The molecule has 2 atom stereocenters. The molecule has 2 aliphatic rings. The average Bonchev–Trinajstić information content (AvgIpc) is 3.24. The van der Waals surface area contributed by atoms with Gasteiger partial charge in [-0.1, -0.05) is 30.3 Å². The van der Waals surface area contributed by atoms with Crippen molar-refractivity contribution in [1.82, 2.24) is 9.80 Å². The van der Waals surface area contributed by atoms with Crippen molar-refractivity contribution in [1.29, 1.82) is 0 Å². The van der Waals surface area contributed by atoms with Crippen molar-refractivity contribution in [2.45, 2.75) is 18.6 Å². The summed E-state index contributed by atoms with van der Waals surface area (Å²) in [4.78, 5) is 15.3. The van der Waals surface area contributed by atoms with Crippen LogP contribution in [0.1, 0.15) is 5.56 Å². The van der Waals surface area contributed by atoms with Crippen molar-refractivity contribution in [3.8, 4) is 0 Å². The van der Waals surface area contributed by atoms with E-state index in [1.54, 1.807) is 4.90 Å². The summed E-state index contributed by atoms with van der Waals surface area (Å²) in [5.41, 5.74) is 1.19. The molecule has 0 spiro atoms. The Hall–Kier alpha value is -1.59. The lowest BCUT2D eigenvalue weighted by molar-refractivity contribution is 0.0647. The van der Waals surface area contributed by atoms with Crippen molar-refractivity contribution < 1.29 is 14.6 Å². The molecule has 1 aromatic carbocycles. The lowest BCUT2D eigenvalue weighted by Gasteiger charge is -2.40. The van der Waals surface area contributed by atoms with E-state index in [4.69, 9.17) is 4.74 Å². The number of piperazine rings is 1. The molecule has 0 bridgehead atoms. The summed E-state index contributed by atoms with van der Waals surface area (Å²) in [5, 5.41) is 9.35. The molecular formula is C15H20N2O3. The van der Waals surface area contributed by atoms with E-state index in [0.29, 0.717) is 12.6 Å². The Morgan fingerprint density at radius 3 is 2.70 bits per heavy atom. The second-order valence-electron chi connectivity index (χ2n) is 5.53. The Morgan fingerprint density at radius 1 is 1.30 bits per heavy atom. The van der Waals surface area contributed by atoms with E-state index in [1.807, 2.05) is 18.2 Å². The van der Waals surface area contributed by atoms with Crippen LogP contribution in [0.4, 0.5) is 4.79 Å². The fraction of sp³-hybridized carbons (Fsp3) is 0.533. The minimum atomic E-state index is -0.812. The Morgan fingerprint density at radius 2 is 2.05 bits per heavy atom. The first kappa shape index (κ1) is 13.4. The molecule has 2 aliphatic heterocycles. The maximum atomic E-state index is 11.4. The zero-order valence-corrected chi connectivity index (χ0v) is 11.4. The molecular weight excluding hydrogens is 256 g/mol. The summed E-state index contributed by atoms with van der Waals surface area (Å²) in [5.74, 6) is 0. The van der Waals surface area contributed by atoms with Gasteiger partial charge in [-0.2, -0.15) is 0 Å². The van der Waals surface area contributed by atoms with Crippen LogP contribution in [-0.2, 0) is 11.2 Å². The molecule has 2 saturated heterocycles. The third kappa shape index (κ3) is 3.29. The first-order chi connectivity index (χ1) is 9.72. The van der Waals surface area contributed by atoms with Crippen molar-refractivity contribution in [3.05, 3.63) is 35.9 Å². The maximum Gasteiger partial charge on any atom is 0.407 e. The Bertz CT molecular complexity index is 461. The standard InChI is InChI=1S/C15H20N2O3/c18-15(19)17-7-6-16(10-14-11-20-14)9-13(17)8-12-4-2-1-3-5-12/h1-5,13-14H,6-11H2,(H,18,19). The molecule has 2 heterocycles. The van der Waals surface area contributed by atoms with Gasteiger partial charge in [0, 0.05) is 26.2 Å². The highest BCUT2D eigenvalue weighted by atomic mass is 16.6. The zero-order valence-electron chi connectivity index (χ0n) is 11.4. The zero-order chi connectivity index (χ0) is 13.9. The fourth-order valence-corrected chi connectivity index (χ4v) is 2.86. The van der Waals surface area contributed by atoms with Gasteiger partial charge in [0.05, 0.1) is 18.8 Å². The number of epoxide rings is 1. The Balaban J connectivity index is 1.66. The first-order valence-electron chi connectivity index (χ1n) is 7.10. The van der Waals surface area contributed by atoms with Gasteiger partial charge >= 0.3 is 6.09 Å². The molecule has 0 radical (unpaired) electrons. The number of hydrogen-bond donors (Lipinski definition) is 1. The predicted octanol–water partition coefficient (Wildman–Crippen LogP) is 1.29. The monoisotopic (exact) mass is 276 g/mol. The highest BCUT2D eigenvalue weighted by Gasteiger charge is 2.33. The van der Waals surface area contributed by atoms with Crippen LogP contribution >= 0.6 is 0 Å². The molecule has 108 valence electrons. The Kier molecular flexibility index (Phi) is 3.89. The van der Waals surface area contributed by atoms with Crippen LogP contribution in [-0.4, -0.2) is 65.9 Å². The van der Waals surface area contributed by atoms with Crippen LogP contribution in [0.3, 0.4) is 0 Å². The summed E-state index contributed by atoms with van der Waals surface area (Å²) in [6, 6.07) is 10.1. The maximum absolute atomic E-state index is 11.4. The highest BCUT2D eigenvalue weighted by molar-refractivity contribution is 5.65. The quantitative estimate of drug-likeness (QED) is 0.842.